The molecule has 0 atom stereocenters. The van der Waals surface area contributed by atoms with Gasteiger partial charge in [-0.1, -0.05) is 16.8 Å². The van der Waals surface area contributed by atoms with Crippen LogP contribution in [0.2, 0.25) is 5.02 Å². The standard InChI is InChI=1S/C15H19ClN4O3/c1-3-17-15(21)20(2)9-8-13-18-14(23-19-13)10-22-12-6-4-11(16)5-7-12/h4-7H,3,8-10H2,1-2H3,(H,17,21). The highest BCUT2D eigenvalue weighted by atomic mass is 35.5. The van der Waals surface area contributed by atoms with E-state index in [0.717, 1.165) is 0 Å². The van der Waals surface area contributed by atoms with E-state index in [0.29, 0.717) is 42.0 Å². The first-order valence-electron chi connectivity index (χ1n) is 7.27. The zero-order valence-corrected chi connectivity index (χ0v) is 13.8. The highest BCUT2D eigenvalue weighted by Gasteiger charge is 2.11. The Morgan fingerprint density at radius 3 is 2.83 bits per heavy atom. The maximum Gasteiger partial charge on any atom is 0.317 e. The number of benzene rings is 1. The fourth-order valence-corrected chi connectivity index (χ4v) is 1.91. The SMILES string of the molecule is CCNC(=O)N(C)CCc1noc(COc2ccc(Cl)cc2)n1. The summed E-state index contributed by atoms with van der Waals surface area (Å²) in [5, 5.41) is 7.24. The van der Waals surface area contributed by atoms with Gasteiger partial charge in [0.25, 0.3) is 5.89 Å². The van der Waals surface area contributed by atoms with E-state index in [1.165, 1.54) is 0 Å². The first kappa shape index (κ1) is 17.1. The van der Waals surface area contributed by atoms with Crippen LogP contribution in [0.25, 0.3) is 0 Å². The maximum atomic E-state index is 11.6. The summed E-state index contributed by atoms with van der Waals surface area (Å²) >= 11 is 5.81. The van der Waals surface area contributed by atoms with E-state index < -0.39 is 0 Å². The zero-order chi connectivity index (χ0) is 16.7. The van der Waals surface area contributed by atoms with Crippen LogP contribution >= 0.6 is 11.6 Å². The van der Waals surface area contributed by atoms with Crippen molar-refractivity contribution < 1.29 is 14.1 Å². The van der Waals surface area contributed by atoms with Crippen molar-refractivity contribution in [3.05, 3.63) is 41.0 Å². The van der Waals surface area contributed by atoms with Crippen molar-refractivity contribution in [1.82, 2.24) is 20.4 Å². The zero-order valence-electron chi connectivity index (χ0n) is 13.1. The summed E-state index contributed by atoms with van der Waals surface area (Å²) in [5.74, 6) is 1.59. The van der Waals surface area contributed by atoms with E-state index in [1.54, 1.807) is 36.2 Å². The molecular weight excluding hydrogens is 320 g/mol. The Morgan fingerprint density at radius 1 is 1.39 bits per heavy atom. The Labute approximate surface area is 139 Å². The molecule has 2 amide bonds. The highest BCUT2D eigenvalue weighted by Crippen LogP contribution is 2.16. The first-order valence-corrected chi connectivity index (χ1v) is 7.65. The van der Waals surface area contributed by atoms with E-state index >= 15 is 0 Å². The normalized spacial score (nSPS) is 10.4. The Hall–Kier alpha value is -2.28. The Morgan fingerprint density at radius 2 is 2.13 bits per heavy atom. The van der Waals surface area contributed by atoms with E-state index in [2.05, 4.69) is 15.5 Å². The van der Waals surface area contributed by atoms with Crippen molar-refractivity contribution in [1.29, 1.82) is 0 Å². The average Bonchev–Trinajstić information content (AvgIpc) is 3.00. The summed E-state index contributed by atoms with van der Waals surface area (Å²) in [6.45, 7) is 3.15. The predicted molar refractivity (Wildman–Crippen MR) is 85.5 cm³/mol. The summed E-state index contributed by atoms with van der Waals surface area (Å²) in [6, 6.07) is 6.89. The Kier molecular flexibility index (Phi) is 6.22. The highest BCUT2D eigenvalue weighted by molar-refractivity contribution is 6.30. The number of nitrogens with zero attached hydrogens (tertiary/aromatic N) is 3. The minimum absolute atomic E-state index is 0.123. The maximum absolute atomic E-state index is 11.6. The molecule has 124 valence electrons. The molecule has 1 heterocycles. The number of ether oxygens (including phenoxy) is 1. The molecule has 0 radical (unpaired) electrons. The van der Waals surface area contributed by atoms with Gasteiger partial charge in [-0.25, -0.2) is 4.79 Å². The van der Waals surface area contributed by atoms with Crippen LogP contribution in [0.15, 0.2) is 28.8 Å². The van der Waals surface area contributed by atoms with Crippen molar-refractivity contribution in [2.45, 2.75) is 20.0 Å². The van der Waals surface area contributed by atoms with Crippen LogP contribution < -0.4 is 10.1 Å². The van der Waals surface area contributed by atoms with Crippen LogP contribution in [0.1, 0.15) is 18.6 Å². The molecule has 0 aliphatic rings. The molecule has 1 N–H and O–H groups in total. The molecule has 0 aliphatic carbocycles. The van der Waals surface area contributed by atoms with Gasteiger partial charge in [0.2, 0.25) is 0 Å². The molecule has 0 bridgehead atoms. The van der Waals surface area contributed by atoms with Crippen LogP contribution in [-0.2, 0) is 13.0 Å². The van der Waals surface area contributed by atoms with Crippen LogP contribution in [0.4, 0.5) is 4.79 Å². The van der Waals surface area contributed by atoms with Gasteiger partial charge in [-0.15, -0.1) is 0 Å². The summed E-state index contributed by atoms with van der Waals surface area (Å²) in [6.07, 6.45) is 0.512. The number of hydrogen-bond donors (Lipinski definition) is 1. The van der Waals surface area contributed by atoms with Gasteiger partial charge in [-0.3, -0.25) is 0 Å². The molecule has 8 heteroatoms. The first-order chi connectivity index (χ1) is 11.1. The van der Waals surface area contributed by atoms with Crippen LogP contribution in [0.3, 0.4) is 0 Å². The second-order valence-electron chi connectivity index (χ2n) is 4.85. The molecule has 1 aromatic carbocycles. The molecule has 0 spiro atoms. The van der Waals surface area contributed by atoms with Crippen molar-refractivity contribution in [2.75, 3.05) is 20.1 Å². The molecule has 0 fully saturated rings. The minimum Gasteiger partial charge on any atom is -0.484 e. The summed E-state index contributed by atoms with van der Waals surface area (Å²) < 4.78 is 10.6. The third-order valence-corrected chi connectivity index (χ3v) is 3.28. The summed E-state index contributed by atoms with van der Waals surface area (Å²) in [7, 11) is 1.72. The van der Waals surface area contributed by atoms with Gasteiger partial charge in [0, 0.05) is 31.6 Å². The molecule has 2 rings (SSSR count). The molecule has 0 saturated heterocycles. The number of amides is 2. The largest absolute Gasteiger partial charge is 0.484 e. The number of urea groups is 1. The second-order valence-corrected chi connectivity index (χ2v) is 5.29. The monoisotopic (exact) mass is 338 g/mol. The van der Waals surface area contributed by atoms with Crippen molar-refractivity contribution in [3.63, 3.8) is 0 Å². The van der Waals surface area contributed by atoms with Crippen molar-refractivity contribution in [3.8, 4) is 5.75 Å². The van der Waals surface area contributed by atoms with Crippen molar-refractivity contribution >= 4 is 17.6 Å². The lowest BCUT2D eigenvalue weighted by atomic mass is 10.3. The van der Waals surface area contributed by atoms with Crippen LogP contribution in [-0.4, -0.2) is 41.2 Å². The van der Waals surface area contributed by atoms with Gasteiger partial charge < -0.3 is 19.5 Å². The molecule has 23 heavy (non-hydrogen) atoms. The fourth-order valence-electron chi connectivity index (χ4n) is 1.78. The number of aromatic nitrogens is 2. The summed E-state index contributed by atoms with van der Waals surface area (Å²) in [4.78, 5) is 17.4. The topological polar surface area (TPSA) is 80.5 Å². The van der Waals surface area contributed by atoms with Gasteiger partial charge >= 0.3 is 6.03 Å². The van der Waals surface area contributed by atoms with Crippen LogP contribution in [0, 0.1) is 0 Å². The van der Waals surface area contributed by atoms with Gasteiger partial charge in [0.1, 0.15) is 5.75 Å². The fraction of sp³-hybridized carbons (Fsp3) is 0.400. The molecule has 0 aliphatic heterocycles. The van der Waals surface area contributed by atoms with E-state index in [-0.39, 0.29) is 12.6 Å². The number of nitrogens with one attached hydrogen (secondary N) is 1. The summed E-state index contributed by atoms with van der Waals surface area (Å²) in [5.41, 5.74) is 0. The van der Waals surface area contributed by atoms with E-state index in [4.69, 9.17) is 20.9 Å². The molecule has 0 unspecified atom stereocenters. The number of carbonyl (C=O) groups excluding carboxylic acids is 1. The Bertz CT molecular complexity index is 630. The molecular formula is C15H19ClN4O3. The van der Waals surface area contributed by atoms with Gasteiger partial charge in [-0.05, 0) is 31.2 Å². The number of hydrogen-bond acceptors (Lipinski definition) is 5. The van der Waals surface area contributed by atoms with Gasteiger partial charge in [-0.2, -0.15) is 4.98 Å². The molecule has 1 aromatic heterocycles. The third kappa shape index (κ3) is 5.45. The van der Waals surface area contributed by atoms with Crippen molar-refractivity contribution in [2.24, 2.45) is 0 Å². The minimum atomic E-state index is -0.123. The molecule has 0 saturated carbocycles. The number of rotatable bonds is 7. The van der Waals surface area contributed by atoms with E-state index in [9.17, 15) is 4.79 Å². The average molecular weight is 339 g/mol. The number of carbonyl (C=O) groups is 1. The Balaban J connectivity index is 1.79. The molecule has 2 aromatic rings. The third-order valence-electron chi connectivity index (χ3n) is 3.03. The lowest BCUT2D eigenvalue weighted by molar-refractivity contribution is 0.209. The quantitative estimate of drug-likeness (QED) is 0.839. The van der Waals surface area contributed by atoms with E-state index in [1.807, 2.05) is 6.92 Å². The van der Waals surface area contributed by atoms with Crippen LogP contribution in [0.5, 0.6) is 5.75 Å². The lowest BCUT2D eigenvalue weighted by Gasteiger charge is -2.15. The lowest BCUT2D eigenvalue weighted by Crippen LogP contribution is -2.38. The van der Waals surface area contributed by atoms with Gasteiger partial charge in [0.05, 0.1) is 0 Å². The number of halogens is 1. The van der Waals surface area contributed by atoms with Gasteiger partial charge in [0.15, 0.2) is 12.4 Å². The molecule has 7 nitrogen and oxygen atoms in total. The number of likely N-dealkylation sites (N-methyl/N-ethyl adjacent to an activating group) is 1. The second kappa shape index (κ2) is 8.38. The predicted octanol–water partition coefficient (Wildman–Crippen LogP) is 2.51. The smallest absolute Gasteiger partial charge is 0.317 e.